The van der Waals surface area contributed by atoms with Crippen LogP contribution in [0.5, 0.6) is 0 Å². The molecule has 0 radical (unpaired) electrons. The Labute approximate surface area is 124 Å². The summed E-state index contributed by atoms with van der Waals surface area (Å²) in [5, 5.41) is 3.23. The molecule has 0 fully saturated rings. The minimum Gasteiger partial charge on any atom is -0.207 e. The molecule has 1 heterocycles. The van der Waals surface area contributed by atoms with Crippen molar-refractivity contribution in [2.45, 2.75) is 13.5 Å². The van der Waals surface area contributed by atoms with Gasteiger partial charge in [-0.2, -0.15) is 4.31 Å². The Morgan fingerprint density at radius 1 is 1.15 bits per heavy atom. The fourth-order valence-corrected chi connectivity index (χ4v) is 3.75. The second-order valence-electron chi connectivity index (χ2n) is 4.26. The van der Waals surface area contributed by atoms with E-state index in [1.165, 1.54) is 9.71 Å². The average Bonchev–Trinajstić information content (AvgIpc) is 2.97. The summed E-state index contributed by atoms with van der Waals surface area (Å²) in [6.07, 6.45) is 1.63. The van der Waals surface area contributed by atoms with Crippen molar-refractivity contribution in [2.24, 2.45) is 0 Å². The molecule has 3 nitrogen and oxygen atoms in total. The van der Waals surface area contributed by atoms with Gasteiger partial charge in [0.15, 0.2) is 0 Å². The molecule has 0 atom stereocenters. The molecule has 1 aromatic carbocycles. The third-order valence-electron chi connectivity index (χ3n) is 2.86. The molecule has 0 aliphatic rings. The first-order valence-electron chi connectivity index (χ1n) is 6.37. The van der Waals surface area contributed by atoms with Crippen molar-refractivity contribution in [1.82, 2.24) is 4.31 Å². The average molecular weight is 307 g/mol. The van der Waals surface area contributed by atoms with E-state index in [0.29, 0.717) is 13.1 Å². The number of hydrogen-bond donors (Lipinski definition) is 0. The number of nitrogens with zero attached hydrogens (tertiary/aromatic N) is 1. The summed E-state index contributed by atoms with van der Waals surface area (Å²) in [7, 11) is -3.39. The Bertz CT molecular complexity index is 646. The molecule has 0 unspecified atom stereocenters. The Hall–Kier alpha value is -1.43. The fourth-order valence-electron chi connectivity index (χ4n) is 1.77. The largest absolute Gasteiger partial charge is 0.236 e. The summed E-state index contributed by atoms with van der Waals surface area (Å²) >= 11 is 1.57. The van der Waals surface area contributed by atoms with Crippen molar-refractivity contribution in [2.75, 3.05) is 6.54 Å². The van der Waals surface area contributed by atoms with Gasteiger partial charge in [0.2, 0.25) is 10.0 Å². The molecule has 5 heteroatoms. The SMILES string of the molecule is CCN(Cc1cccs1)S(=O)(=O)C=Cc1ccccc1. The molecular weight excluding hydrogens is 290 g/mol. The quantitative estimate of drug-likeness (QED) is 0.818. The number of hydrogen-bond acceptors (Lipinski definition) is 3. The summed E-state index contributed by atoms with van der Waals surface area (Å²) in [4.78, 5) is 1.04. The van der Waals surface area contributed by atoms with Gasteiger partial charge >= 0.3 is 0 Å². The summed E-state index contributed by atoms with van der Waals surface area (Å²) in [5.74, 6) is 0. The minimum atomic E-state index is -3.39. The highest BCUT2D eigenvalue weighted by Gasteiger charge is 2.17. The fraction of sp³-hybridized carbons (Fsp3) is 0.200. The van der Waals surface area contributed by atoms with Gasteiger partial charge in [-0.15, -0.1) is 11.3 Å². The van der Waals surface area contributed by atoms with Gasteiger partial charge in [-0.1, -0.05) is 43.3 Å². The molecule has 2 aromatic rings. The van der Waals surface area contributed by atoms with E-state index >= 15 is 0 Å². The number of sulfonamides is 1. The molecule has 0 amide bonds. The van der Waals surface area contributed by atoms with Gasteiger partial charge < -0.3 is 0 Å². The van der Waals surface area contributed by atoms with Crippen molar-refractivity contribution < 1.29 is 8.42 Å². The van der Waals surface area contributed by atoms with E-state index in [0.717, 1.165) is 10.4 Å². The van der Waals surface area contributed by atoms with E-state index in [2.05, 4.69) is 0 Å². The highest BCUT2D eigenvalue weighted by molar-refractivity contribution is 7.92. The second kappa shape index (κ2) is 6.83. The molecular formula is C15H17NO2S2. The Morgan fingerprint density at radius 2 is 1.90 bits per heavy atom. The molecule has 106 valence electrons. The minimum absolute atomic E-state index is 0.426. The number of thiophene rings is 1. The Morgan fingerprint density at radius 3 is 2.50 bits per heavy atom. The standard InChI is InChI=1S/C15H17NO2S2/c1-2-16(13-15-9-6-11-19-15)20(17,18)12-10-14-7-4-3-5-8-14/h3-12H,2,13H2,1H3. The van der Waals surface area contributed by atoms with Crippen LogP contribution in [0.1, 0.15) is 17.4 Å². The predicted octanol–water partition coefficient (Wildman–Crippen LogP) is 3.57. The van der Waals surface area contributed by atoms with Crippen LogP contribution in [-0.4, -0.2) is 19.3 Å². The zero-order chi connectivity index (χ0) is 14.4. The normalized spacial score (nSPS) is 12.3. The van der Waals surface area contributed by atoms with Crippen molar-refractivity contribution >= 4 is 27.4 Å². The lowest BCUT2D eigenvalue weighted by molar-refractivity contribution is 0.433. The summed E-state index contributed by atoms with van der Waals surface area (Å²) in [5.41, 5.74) is 0.878. The first kappa shape index (κ1) is 15.0. The van der Waals surface area contributed by atoms with Crippen molar-refractivity contribution in [3.63, 3.8) is 0 Å². The smallest absolute Gasteiger partial charge is 0.207 e. The van der Waals surface area contributed by atoms with Gasteiger partial charge in [0.25, 0.3) is 0 Å². The Kier molecular flexibility index (Phi) is 5.11. The van der Waals surface area contributed by atoms with E-state index in [4.69, 9.17) is 0 Å². The third-order valence-corrected chi connectivity index (χ3v) is 5.31. The van der Waals surface area contributed by atoms with E-state index in [1.54, 1.807) is 17.4 Å². The molecule has 0 saturated carbocycles. The molecule has 2 rings (SSSR count). The summed E-state index contributed by atoms with van der Waals surface area (Å²) in [6, 6.07) is 13.3. The molecule has 20 heavy (non-hydrogen) atoms. The lowest BCUT2D eigenvalue weighted by atomic mass is 10.2. The van der Waals surface area contributed by atoms with Gasteiger partial charge in [0, 0.05) is 23.4 Å². The molecule has 0 bridgehead atoms. The zero-order valence-corrected chi connectivity index (χ0v) is 12.9. The zero-order valence-electron chi connectivity index (χ0n) is 11.3. The Balaban J connectivity index is 2.13. The monoisotopic (exact) mass is 307 g/mol. The number of benzene rings is 1. The van der Waals surface area contributed by atoms with Gasteiger partial charge in [-0.05, 0) is 23.1 Å². The molecule has 0 saturated heterocycles. The maximum Gasteiger partial charge on any atom is 0.236 e. The molecule has 0 spiro atoms. The van der Waals surface area contributed by atoms with Crippen LogP contribution in [-0.2, 0) is 16.6 Å². The van der Waals surface area contributed by atoms with E-state index in [1.807, 2.05) is 54.8 Å². The van der Waals surface area contributed by atoms with Crippen LogP contribution in [0, 0.1) is 0 Å². The third kappa shape index (κ3) is 4.03. The molecule has 1 aromatic heterocycles. The molecule has 0 N–H and O–H groups in total. The highest BCUT2D eigenvalue weighted by atomic mass is 32.2. The summed E-state index contributed by atoms with van der Waals surface area (Å²) < 4.78 is 26.1. The van der Waals surface area contributed by atoms with E-state index in [9.17, 15) is 8.42 Å². The van der Waals surface area contributed by atoms with Crippen LogP contribution < -0.4 is 0 Å². The highest BCUT2D eigenvalue weighted by Crippen LogP contribution is 2.16. The van der Waals surface area contributed by atoms with Crippen LogP contribution in [0.2, 0.25) is 0 Å². The van der Waals surface area contributed by atoms with Crippen molar-refractivity contribution in [3.05, 3.63) is 63.7 Å². The predicted molar refractivity (Wildman–Crippen MR) is 84.8 cm³/mol. The van der Waals surface area contributed by atoms with Gasteiger partial charge in [0.1, 0.15) is 0 Å². The first-order chi connectivity index (χ1) is 9.62. The van der Waals surface area contributed by atoms with Crippen LogP contribution in [0.15, 0.2) is 53.3 Å². The van der Waals surface area contributed by atoms with E-state index < -0.39 is 10.0 Å². The van der Waals surface area contributed by atoms with Gasteiger partial charge in [-0.25, -0.2) is 8.42 Å². The lowest BCUT2D eigenvalue weighted by Crippen LogP contribution is -2.28. The molecule has 0 aliphatic heterocycles. The van der Waals surface area contributed by atoms with Crippen LogP contribution in [0.25, 0.3) is 6.08 Å². The van der Waals surface area contributed by atoms with E-state index in [-0.39, 0.29) is 0 Å². The van der Waals surface area contributed by atoms with Gasteiger partial charge in [-0.3, -0.25) is 0 Å². The van der Waals surface area contributed by atoms with Crippen molar-refractivity contribution in [1.29, 1.82) is 0 Å². The van der Waals surface area contributed by atoms with Gasteiger partial charge in [0.05, 0.1) is 0 Å². The van der Waals surface area contributed by atoms with Crippen LogP contribution >= 0.6 is 11.3 Å². The van der Waals surface area contributed by atoms with Crippen LogP contribution in [0.3, 0.4) is 0 Å². The molecule has 0 aliphatic carbocycles. The second-order valence-corrected chi connectivity index (χ2v) is 7.11. The lowest BCUT2D eigenvalue weighted by Gasteiger charge is -2.17. The summed E-state index contributed by atoms with van der Waals surface area (Å²) in [6.45, 7) is 2.73. The topological polar surface area (TPSA) is 37.4 Å². The van der Waals surface area contributed by atoms with Crippen LogP contribution in [0.4, 0.5) is 0 Å². The first-order valence-corrected chi connectivity index (χ1v) is 8.76. The van der Waals surface area contributed by atoms with Crippen molar-refractivity contribution in [3.8, 4) is 0 Å². The maximum absolute atomic E-state index is 12.3. The number of rotatable bonds is 6. The maximum atomic E-state index is 12.3.